The van der Waals surface area contributed by atoms with Crippen molar-refractivity contribution in [2.45, 2.75) is 45.4 Å². The predicted octanol–water partition coefficient (Wildman–Crippen LogP) is 2.94. The van der Waals surface area contributed by atoms with Crippen molar-refractivity contribution in [1.82, 2.24) is 9.55 Å². The standard InChI is InChI=1S/C13H22N2O2/c1-3-4-5-6-7-8-9-17-13(16)12-10-14-11-15(12)2/h10-11H,3-9H2,1-2H3. The summed E-state index contributed by atoms with van der Waals surface area (Å²) in [6.07, 6.45) is 10.3. The van der Waals surface area contributed by atoms with Gasteiger partial charge in [0.25, 0.3) is 0 Å². The molecule has 0 saturated heterocycles. The van der Waals surface area contributed by atoms with Crippen LogP contribution in [0.15, 0.2) is 12.5 Å². The van der Waals surface area contributed by atoms with Gasteiger partial charge in [0.05, 0.1) is 19.1 Å². The second-order valence-electron chi connectivity index (χ2n) is 4.29. The van der Waals surface area contributed by atoms with Crippen molar-refractivity contribution < 1.29 is 9.53 Å². The van der Waals surface area contributed by atoms with E-state index in [9.17, 15) is 4.79 Å². The molecule has 0 fully saturated rings. The Morgan fingerprint density at radius 1 is 1.29 bits per heavy atom. The van der Waals surface area contributed by atoms with Gasteiger partial charge in [-0.3, -0.25) is 0 Å². The highest BCUT2D eigenvalue weighted by Gasteiger charge is 2.10. The van der Waals surface area contributed by atoms with Crippen LogP contribution in [0.2, 0.25) is 0 Å². The maximum absolute atomic E-state index is 11.6. The first-order valence-corrected chi connectivity index (χ1v) is 6.39. The van der Waals surface area contributed by atoms with E-state index in [1.54, 1.807) is 17.9 Å². The van der Waals surface area contributed by atoms with E-state index < -0.39 is 0 Å². The maximum Gasteiger partial charge on any atom is 0.356 e. The molecule has 4 heteroatoms. The first-order chi connectivity index (χ1) is 8.25. The fraction of sp³-hybridized carbons (Fsp3) is 0.692. The molecule has 1 heterocycles. The summed E-state index contributed by atoms with van der Waals surface area (Å²) in [7, 11) is 1.79. The van der Waals surface area contributed by atoms with Gasteiger partial charge < -0.3 is 9.30 Å². The molecule has 1 aromatic rings. The zero-order chi connectivity index (χ0) is 12.5. The molecule has 96 valence electrons. The van der Waals surface area contributed by atoms with Gasteiger partial charge in [-0.2, -0.15) is 0 Å². The van der Waals surface area contributed by atoms with Gasteiger partial charge in [-0.25, -0.2) is 9.78 Å². The lowest BCUT2D eigenvalue weighted by molar-refractivity contribution is 0.0486. The van der Waals surface area contributed by atoms with Crippen molar-refractivity contribution in [3.05, 3.63) is 18.2 Å². The molecule has 0 radical (unpaired) electrons. The van der Waals surface area contributed by atoms with Crippen LogP contribution in [-0.2, 0) is 11.8 Å². The fourth-order valence-electron chi connectivity index (χ4n) is 1.68. The van der Waals surface area contributed by atoms with Gasteiger partial charge in [-0.05, 0) is 6.42 Å². The molecule has 0 bridgehead atoms. The number of hydrogen-bond donors (Lipinski definition) is 0. The highest BCUT2D eigenvalue weighted by Crippen LogP contribution is 2.06. The molecule has 0 aliphatic carbocycles. The summed E-state index contributed by atoms with van der Waals surface area (Å²) in [5.74, 6) is -0.279. The summed E-state index contributed by atoms with van der Waals surface area (Å²) >= 11 is 0. The summed E-state index contributed by atoms with van der Waals surface area (Å²) in [6.45, 7) is 2.71. The van der Waals surface area contributed by atoms with E-state index in [0.29, 0.717) is 12.3 Å². The number of imidazole rings is 1. The second kappa shape index (κ2) is 7.87. The van der Waals surface area contributed by atoms with Gasteiger partial charge in [0, 0.05) is 7.05 Å². The molecule has 0 aliphatic heterocycles. The van der Waals surface area contributed by atoms with E-state index in [-0.39, 0.29) is 5.97 Å². The molecule has 0 N–H and O–H groups in total. The van der Waals surface area contributed by atoms with Gasteiger partial charge >= 0.3 is 5.97 Å². The third kappa shape index (κ3) is 5.02. The van der Waals surface area contributed by atoms with Crippen molar-refractivity contribution in [2.75, 3.05) is 6.61 Å². The van der Waals surface area contributed by atoms with Crippen LogP contribution in [0.5, 0.6) is 0 Å². The Morgan fingerprint density at radius 3 is 2.65 bits per heavy atom. The zero-order valence-corrected chi connectivity index (χ0v) is 10.8. The molecule has 0 atom stereocenters. The number of carbonyl (C=O) groups excluding carboxylic acids is 1. The van der Waals surface area contributed by atoms with Crippen molar-refractivity contribution in [3.8, 4) is 0 Å². The van der Waals surface area contributed by atoms with Crippen LogP contribution in [0, 0.1) is 0 Å². The van der Waals surface area contributed by atoms with Crippen molar-refractivity contribution in [1.29, 1.82) is 0 Å². The average Bonchev–Trinajstić information content (AvgIpc) is 2.74. The van der Waals surface area contributed by atoms with E-state index in [0.717, 1.165) is 12.8 Å². The van der Waals surface area contributed by atoms with Crippen molar-refractivity contribution in [3.63, 3.8) is 0 Å². The Hall–Kier alpha value is -1.32. The molecule has 0 aromatic carbocycles. The van der Waals surface area contributed by atoms with E-state index in [2.05, 4.69) is 11.9 Å². The minimum absolute atomic E-state index is 0.279. The SMILES string of the molecule is CCCCCCCCOC(=O)c1cncn1C. The Labute approximate surface area is 103 Å². The van der Waals surface area contributed by atoms with Crippen molar-refractivity contribution >= 4 is 5.97 Å². The van der Waals surface area contributed by atoms with E-state index >= 15 is 0 Å². The maximum atomic E-state index is 11.6. The topological polar surface area (TPSA) is 44.1 Å². The van der Waals surface area contributed by atoms with Gasteiger partial charge in [0.2, 0.25) is 0 Å². The third-order valence-electron chi connectivity index (χ3n) is 2.76. The number of aromatic nitrogens is 2. The number of aryl methyl sites for hydroxylation is 1. The number of unbranched alkanes of at least 4 members (excludes halogenated alkanes) is 5. The van der Waals surface area contributed by atoms with Gasteiger partial charge in [0.15, 0.2) is 0 Å². The summed E-state index contributed by atoms with van der Waals surface area (Å²) in [4.78, 5) is 15.5. The molecule has 1 rings (SSSR count). The van der Waals surface area contributed by atoms with Crippen LogP contribution >= 0.6 is 0 Å². The van der Waals surface area contributed by atoms with Gasteiger partial charge in [-0.15, -0.1) is 0 Å². The Morgan fingerprint density at radius 2 is 2.00 bits per heavy atom. The highest BCUT2D eigenvalue weighted by molar-refractivity contribution is 5.87. The molecule has 17 heavy (non-hydrogen) atoms. The molecule has 1 aromatic heterocycles. The summed E-state index contributed by atoms with van der Waals surface area (Å²) in [6, 6.07) is 0. The second-order valence-corrected chi connectivity index (χ2v) is 4.29. The number of nitrogens with zero attached hydrogens (tertiary/aromatic N) is 2. The zero-order valence-electron chi connectivity index (χ0n) is 10.8. The minimum Gasteiger partial charge on any atom is -0.461 e. The number of esters is 1. The Bertz CT molecular complexity index is 334. The molecule has 0 amide bonds. The highest BCUT2D eigenvalue weighted by atomic mass is 16.5. The molecule has 0 saturated carbocycles. The first-order valence-electron chi connectivity index (χ1n) is 6.39. The lowest BCUT2D eigenvalue weighted by Crippen LogP contribution is -2.10. The smallest absolute Gasteiger partial charge is 0.356 e. The fourth-order valence-corrected chi connectivity index (χ4v) is 1.68. The Balaban J connectivity index is 2.07. The average molecular weight is 238 g/mol. The van der Waals surface area contributed by atoms with Gasteiger partial charge in [0.1, 0.15) is 5.69 Å². The molecule has 0 spiro atoms. The van der Waals surface area contributed by atoms with Crippen LogP contribution < -0.4 is 0 Å². The van der Waals surface area contributed by atoms with E-state index in [1.807, 2.05) is 0 Å². The number of hydrogen-bond acceptors (Lipinski definition) is 3. The monoisotopic (exact) mass is 238 g/mol. The number of carbonyl (C=O) groups is 1. The van der Waals surface area contributed by atoms with Gasteiger partial charge in [-0.1, -0.05) is 39.0 Å². The predicted molar refractivity (Wildman–Crippen MR) is 66.9 cm³/mol. The normalized spacial score (nSPS) is 10.5. The van der Waals surface area contributed by atoms with E-state index in [1.165, 1.54) is 31.9 Å². The van der Waals surface area contributed by atoms with Crippen LogP contribution in [0.3, 0.4) is 0 Å². The van der Waals surface area contributed by atoms with Crippen LogP contribution in [0.1, 0.15) is 55.9 Å². The number of rotatable bonds is 8. The first kappa shape index (κ1) is 13.7. The summed E-state index contributed by atoms with van der Waals surface area (Å²) in [5, 5.41) is 0. The molecule has 0 aliphatic rings. The Kier molecular flexibility index (Phi) is 6.37. The lowest BCUT2D eigenvalue weighted by atomic mass is 10.1. The third-order valence-corrected chi connectivity index (χ3v) is 2.76. The van der Waals surface area contributed by atoms with Crippen molar-refractivity contribution in [2.24, 2.45) is 7.05 Å². The van der Waals surface area contributed by atoms with Crippen LogP contribution in [0.25, 0.3) is 0 Å². The van der Waals surface area contributed by atoms with Crippen LogP contribution in [-0.4, -0.2) is 22.1 Å². The largest absolute Gasteiger partial charge is 0.461 e. The molecule has 0 unspecified atom stereocenters. The molecule has 4 nitrogen and oxygen atoms in total. The quantitative estimate of drug-likeness (QED) is 0.516. The molecular formula is C13H22N2O2. The van der Waals surface area contributed by atoms with E-state index in [4.69, 9.17) is 4.74 Å². The summed E-state index contributed by atoms with van der Waals surface area (Å²) in [5.41, 5.74) is 0.510. The molecular weight excluding hydrogens is 216 g/mol. The number of ether oxygens (including phenoxy) is 1. The van der Waals surface area contributed by atoms with Crippen LogP contribution in [0.4, 0.5) is 0 Å². The minimum atomic E-state index is -0.279. The summed E-state index contributed by atoms with van der Waals surface area (Å²) < 4.78 is 6.84. The lowest BCUT2D eigenvalue weighted by Gasteiger charge is -2.04.